The molecular formula is C12H19F2NO4. The van der Waals surface area contributed by atoms with Crippen molar-refractivity contribution in [3.05, 3.63) is 0 Å². The molecule has 0 bridgehead atoms. The van der Waals surface area contributed by atoms with Gasteiger partial charge in [-0.2, -0.15) is 0 Å². The molecule has 19 heavy (non-hydrogen) atoms. The fraction of sp³-hybridized carbons (Fsp3) is 0.833. The molecule has 1 fully saturated rings. The molecular weight excluding hydrogens is 260 g/mol. The highest BCUT2D eigenvalue weighted by atomic mass is 19.3. The Morgan fingerprint density at radius 2 is 1.79 bits per heavy atom. The lowest BCUT2D eigenvalue weighted by atomic mass is 9.82. The molecule has 5 nitrogen and oxygen atoms in total. The second-order valence-electron chi connectivity index (χ2n) is 6.28. The third-order valence-electron chi connectivity index (χ3n) is 3.17. The molecule has 0 aromatic carbocycles. The Labute approximate surface area is 110 Å². The predicted octanol–water partition coefficient (Wildman–Crippen LogP) is 2.35. The van der Waals surface area contributed by atoms with Crippen molar-refractivity contribution in [3.63, 3.8) is 0 Å². The number of rotatable bonds is 1. The topological polar surface area (TPSA) is 66.8 Å². The number of likely N-dealkylation sites (tertiary alicyclic amines) is 1. The van der Waals surface area contributed by atoms with Crippen LogP contribution in [-0.2, 0) is 9.53 Å². The third-order valence-corrected chi connectivity index (χ3v) is 3.17. The van der Waals surface area contributed by atoms with Gasteiger partial charge in [0, 0.05) is 0 Å². The molecule has 0 spiro atoms. The molecule has 1 saturated heterocycles. The maximum absolute atomic E-state index is 13.9. The van der Waals surface area contributed by atoms with Crippen LogP contribution in [0.2, 0.25) is 0 Å². The van der Waals surface area contributed by atoms with Crippen LogP contribution in [0.25, 0.3) is 0 Å². The van der Waals surface area contributed by atoms with Crippen LogP contribution in [-0.4, -0.2) is 46.2 Å². The lowest BCUT2D eigenvalue weighted by Crippen LogP contribution is -2.48. The Morgan fingerprint density at radius 1 is 1.32 bits per heavy atom. The van der Waals surface area contributed by atoms with Gasteiger partial charge in [-0.05, 0) is 20.8 Å². The van der Waals surface area contributed by atoms with E-state index in [1.54, 1.807) is 20.8 Å². The fourth-order valence-electron chi connectivity index (χ4n) is 2.03. The number of amides is 1. The number of hydrogen-bond donors (Lipinski definition) is 1. The van der Waals surface area contributed by atoms with E-state index in [1.807, 2.05) is 0 Å². The first-order valence-electron chi connectivity index (χ1n) is 5.90. The Morgan fingerprint density at radius 3 is 2.16 bits per heavy atom. The minimum absolute atomic E-state index is 0.591. The van der Waals surface area contributed by atoms with Crippen molar-refractivity contribution in [1.29, 1.82) is 0 Å². The Balaban J connectivity index is 3.08. The van der Waals surface area contributed by atoms with E-state index >= 15 is 0 Å². The van der Waals surface area contributed by atoms with Crippen molar-refractivity contribution in [3.8, 4) is 0 Å². The van der Waals surface area contributed by atoms with Gasteiger partial charge in [0.2, 0.25) is 0 Å². The number of ether oxygens (including phenoxy) is 1. The van der Waals surface area contributed by atoms with Crippen molar-refractivity contribution in [2.45, 2.75) is 52.2 Å². The molecule has 110 valence electrons. The van der Waals surface area contributed by atoms with Gasteiger partial charge in [0.1, 0.15) is 11.6 Å². The summed E-state index contributed by atoms with van der Waals surface area (Å²) in [5.74, 6) is -4.75. The zero-order chi connectivity index (χ0) is 15.2. The van der Waals surface area contributed by atoms with E-state index in [-0.39, 0.29) is 0 Å². The molecule has 1 aliphatic rings. The van der Waals surface area contributed by atoms with E-state index in [9.17, 15) is 18.4 Å². The van der Waals surface area contributed by atoms with Crippen LogP contribution in [0, 0.1) is 5.41 Å². The highest BCUT2D eigenvalue weighted by molar-refractivity contribution is 5.82. The Bertz CT molecular complexity index is 401. The van der Waals surface area contributed by atoms with Gasteiger partial charge >= 0.3 is 12.1 Å². The number of halogens is 2. The van der Waals surface area contributed by atoms with Gasteiger partial charge in [-0.3, -0.25) is 4.90 Å². The molecule has 0 aliphatic carbocycles. The normalized spacial score (nSPS) is 25.2. The summed E-state index contributed by atoms with van der Waals surface area (Å²) in [6.45, 7) is 6.07. The average molecular weight is 279 g/mol. The van der Waals surface area contributed by atoms with Crippen molar-refractivity contribution < 1.29 is 28.2 Å². The van der Waals surface area contributed by atoms with Gasteiger partial charge in [0.05, 0.1) is 12.0 Å². The number of alkyl halides is 2. The summed E-state index contributed by atoms with van der Waals surface area (Å²) in [7, 11) is 0. The molecule has 0 aromatic heterocycles. The van der Waals surface area contributed by atoms with Gasteiger partial charge in [-0.1, -0.05) is 13.8 Å². The van der Waals surface area contributed by atoms with E-state index < -0.39 is 41.6 Å². The molecule has 1 atom stereocenters. The monoisotopic (exact) mass is 279 g/mol. The van der Waals surface area contributed by atoms with Crippen LogP contribution >= 0.6 is 0 Å². The van der Waals surface area contributed by atoms with Crippen LogP contribution in [0.15, 0.2) is 0 Å². The number of carbonyl (C=O) groups excluding carboxylic acids is 1. The first kappa shape index (κ1) is 15.7. The summed E-state index contributed by atoms with van der Waals surface area (Å²) in [5, 5.41) is 9.12. The molecule has 1 unspecified atom stereocenters. The van der Waals surface area contributed by atoms with Crippen LogP contribution in [0.3, 0.4) is 0 Å². The first-order valence-corrected chi connectivity index (χ1v) is 5.90. The fourth-order valence-corrected chi connectivity index (χ4v) is 2.03. The van der Waals surface area contributed by atoms with Crippen molar-refractivity contribution in [2.75, 3.05) is 6.54 Å². The number of carboxylic acids is 1. The maximum Gasteiger partial charge on any atom is 0.411 e. The van der Waals surface area contributed by atoms with E-state index in [0.717, 1.165) is 13.8 Å². The van der Waals surface area contributed by atoms with Crippen molar-refractivity contribution in [1.82, 2.24) is 4.90 Å². The number of nitrogens with zero attached hydrogens (tertiary/aromatic N) is 1. The molecule has 0 radical (unpaired) electrons. The van der Waals surface area contributed by atoms with Gasteiger partial charge in [-0.15, -0.1) is 0 Å². The second-order valence-corrected chi connectivity index (χ2v) is 6.28. The number of carboxylic acid groups (broad SMARTS) is 1. The van der Waals surface area contributed by atoms with E-state index in [2.05, 4.69) is 0 Å². The number of carbonyl (C=O) groups is 2. The smallest absolute Gasteiger partial charge is 0.411 e. The maximum atomic E-state index is 13.9. The summed E-state index contributed by atoms with van der Waals surface area (Å²) in [6, 6.07) is -1.61. The molecule has 1 amide bonds. The zero-order valence-electron chi connectivity index (χ0n) is 11.7. The minimum atomic E-state index is -3.28. The molecule has 1 heterocycles. The molecule has 0 aromatic rings. The molecule has 7 heteroatoms. The van der Waals surface area contributed by atoms with Crippen molar-refractivity contribution in [2.24, 2.45) is 5.41 Å². The largest absolute Gasteiger partial charge is 0.480 e. The zero-order valence-corrected chi connectivity index (χ0v) is 11.7. The highest BCUT2D eigenvalue weighted by Gasteiger charge is 2.65. The number of hydrogen-bond acceptors (Lipinski definition) is 3. The van der Waals surface area contributed by atoms with Crippen LogP contribution in [0.5, 0.6) is 0 Å². The molecule has 1 rings (SSSR count). The molecule has 1 N–H and O–H groups in total. The standard InChI is InChI=1S/C12H19F2NO4/c1-10(2,3)19-9(18)15-6-12(13,14)11(4,5)7(15)8(16)17/h7H,6H2,1-5H3,(H,16,17). The van der Waals surface area contributed by atoms with Crippen LogP contribution in [0.4, 0.5) is 13.6 Å². The van der Waals surface area contributed by atoms with Gasteiger partial charge in [0.15, 0.2) is 0 Å². The quantitative estimate of drug-likeness (QED) is 0.800. The summed E-state index contributed by atoms with van der Waals surface area (Å²) < 4.78 is 32.7. The molecule has 1 aliphatic heterocycles. The minimum Gasteiger partial charge on any atom is -0.480 e. The highest BCUT2D eigenvalue weighted by Crippen LogP contribution is 2.48. The third kappa shape index (κ3) is 2.79. The summed E-state index contributed by atoms with van der Waals surface area (Å²) >= 11 is 0. The number of aliphatic carboxylic acids is 1. The average Bonchev–Trinajstić information content (AvgIpc) is 2.30. The van der Waals surface area contributed by atoms with E-state index in [1.165, 1.54) is 0 Å². The SMILES string of the molecule is CC(C)(C)OC(=O)N1CC(F)(F)C(C)(C)C1C(=O)O. The molecule has 0 saturated carbocycles. The lowest BCUT2D eigenvalue weighted by Gasteiger charge is -2.31. The Hall–Kier alpha value is -1.40. The second kappa shape index (κ2) is 4.31. The van der Waals surface area contributed by atoms with E-state index in [0.29, 0.717) is 4.90 Å². The van der Waals surface area contributed by atoms with Gasteiger partial charge in [-0.25, -0.2) is 18.4 Å². The van der Waals surface area contributed by atoms with Gasteiger partial charge in [0.25, 0.3) is 5.92 Å². The van der Waals surface area contributed by atoms with Crippen LogP contribution < -0.4 is 0 Å². The summed E-state index contributed by atoms with van der Waals surface area (Å²) in [4.78, 5) is 23.7. The summed E-state index contributed by atoms with van der Waals surface area (Å²) in [6.07, 6.45) is -1.04. The van der Waals surface area contributed by atoms with E-state index in [4.69, 9.17) is 9.84 Å². The predicted molar refractivity (Wildman–Crippen MR) is 63.1 cm³/mol. The van der Waals surface area contributed by atoms with Gasteiger partial charge < -0.3 is 9.84 Å². The lowest BCUT2D eigenvalue weighted by molar-refractivity contribution is -0.149. The van der Waals surface area contributed by atoms with Crippen LogP contribution in [0.1, 0.15) is 34.6 Å². The first-order chi connectivity index (χ1) is 8.29. The summed E-state index contributed by atoms with van der Waals surface area (Å²) in [5.41, 5.74) is -2.72. The van der Waals surface area contributed by atoms with Crippen molar-refractivity contribution >= 4 is 12.1 Å². The Kier molecular flexibility index (Phi) is 3.56.